The van der Waals surface area contributed by atoms with Gasteiger partial charge in [0, 0.05) is 10.6 Å². The summed E-state index contributed by atoms with van der Waals surface area (Å²) in [5.74, 6) is -1.38. The molecule has 0 atom stereocenters. The van der Waals surface area contributed by atoms with Crippen molar-refractivity contribution in [3.63, 3.8) is 0 Å². The number of hydrogen-bond donors (Lipinski definition) is 1. The Bertz CT molecular complexity index is 1140. The van der Waals surface area contributed by atoms with Gasteiger partial charge in [0.2, 0.25) is 0 Å². The van der Waals surface area contributed by atoms with Crippen LogP contribution < -0.4 is 5.32 Å². The first-order valence-corrected chi connectivity index (χ1v) is 10.3. The molecule has 4 nitrogen and oxygen atoms in total. The van der Waals surface area contributed by atoms with Gasteiger partial charge in [-0.25, -0.2) is 4.39 Å². The summed E-state index contributed by atoms with van der Waals surface area (Å²) in [6, 6.07) is 22.7. The zero-order valence-electron chi connectivity index (χ0n) is 15.6. The van der Waals surface area contributed by atoms with Crippen LogP contribution in [0.2, 0.25) is 5.02 Å². The third-order valence-electron chi connectivity index (χ3n) is 4.46. The molecule has 1 N–H and O–H groups in total. The number of imide groups is 1. The van der Waals surface area contributed by atoms with Gasteiger partial charge in [0.25, 0.3) is 11.8 Å². The quantitative estimate of drug-likeness (QED) is 0.519. The zero-order valence-corrected chi connectivity index (χ0v) is 17.2. The summed E-state index contributed by atoms with van der Waals surface area (Å²) in [4.78, 5) is 28.6. The number of carbonyl (C=O) groups excluding carboxylic acids is 2. The summed E-state index contributed by atoms with van der Waals surface area (Å²) < 4.78 is 13.5. The highest BCUT2D eigenvalue weighted by Gasteiger charge is 2.39. The summed E-state index contributed by atoms with van der Waals surface area (Å²) in [5.41, 5.74) is 1.41. The standard InChI is InChI=1S/C23H16ClFN2O2S/c24-18-13-16(11-12-19(18)25)26-20-21(30-17-9-5-2-6-10-17)23(29)27(22(20)28)14-15-7-3-1-4-8-15/h1-13,26H,14H2. The maximum absolute atomic E-state index is 13.5. The number of nitrogens with zero attached hydrogens (tertiary/aromatic N) is 1. The molecule has 0 bridgehead atoms. The average molecular weight is 439 g/mol. The van der Waals surface area contributed by atoms with Crippen LogP contribution in [0.4, 0.5) is 10.1 Å². The Hall–Kier alpha value is -3.09. The largest absolute Gasteiger partial charge is 0.350 e. The number of hydrogen-bond acceptors (Lipinski definition) is 4. The van der Waals surface area contributed by atoms with Gasteiger partial charge < -0.3 is 5.32 Å². The molecule has 0 aliphatic carbocycles. The van der Waals surface area contributed by atoms with Crippen molar-refractivity contribution in [1.29, 1.82) is 0 Å². The van der Waals surface area contributed by atoms with Crippen LogP contribution in [-0.2, 0) is 16.1 Å². The van der Waals surface area contributed by atoms with Gasteiger partial charge in [-0.1, -0.05) is 71.9 Å². The van der Waals surface area contributed by atoms with E-state index >= 15 is 0 Å². The topological polar surface area (TPSA) is 49.4 Å². The fourth-order valence-corrected chi connectivity index (χ4v) is 4.14. The maximum Gasteiger partial charge on any atom is 0.278 e. The van der Waals surface area contributed by atoms with Crippen molar-refractivity contribution >= 4 is 40.9 Å². The zero-order chi connectivity index (χ0) is 21.1. The molecular weight excluding hydrogens is 423 g/mol. The highest BCUT2D eigenvalue weighted by Crippen LogP contribution is 2.36. The third kappa shape index (κ3) is 4.25. The van der Waals surface area contributed by atoms with Gasteiger partial charge in [0.05, 0.1) is 11.6 Å². The lowest BCUT2D eigenvalue weighted by Gasteiger charge is -2.15. The number of halogens is 2. The van der Waals surface area contributed by atoms with Crippen molar-refractivity contribution in [2.24, 2.45) is 0 Å². The van der Waals surface area contributed by atoms with E-state index in [-0.39, 0.29) is 28.1 Å². The van der Waals surface area contributed by atoms with Gasteiger partial charge in [0.1, 0.15) is 16.4 Å². The molecule has 3 aromatic rings. The van der Waals surface area contributed by atoms with E-state index < -0.39 is 11.7 Å². The van der Waals surface area contributed by atoms with Crippen molar-refractivity contribution in [2.45, 2.75) is 11.4 Å². The molecule has 1 aliphatic rings. The first-order valence-electron chi connectivity index (χ1n) is 9.12. The van der Waals surface area contributed by atoms with Crippen LogP contribution in [0, 0.1) is 5.82 Å². The predicted molar refractivity (Wildman–Crippen MR) is 116 cm³/mol. The van der Waals surface area contributed by atoms with Gasteiger partial charge in [0.15, 0.2) is 0 Å². The minimum absolute atomic E-state index is 0.0734. The molecule has 0 unspecified atom stereocenters. The molecule has 1 aliphatic heterocycles. The maximum atomic E-state index is 13.5. The van der Waals surface area contributed by atoms with Gasteiger partial charge in [-0.05, 0) is 35.9 Å². The highest BCUT2D eigenvalue weighted by atomic mass is 35.5. The Balaban J connectivity index is 1.68. The van der Waals surface area contributed by atoms with Crippen LogP contribution in [0.3, 0.4) is 0 Å². The molecule has 150 valence electrons. The van der Waals surface area contributed by atoms with E-state index in [1.54, 1.807) is 0 Å². The van der Waals surface area contributed by atoms with E-state index in [1.807, 2.05) is 60.7 Å². The van der Waals surface area contributed by atoms with Crippen LogP contribution in [0.1, 0.15) is 5.56 Å². The number of amides is 2. The van der Waals surface area contributed by atoms with Gasteiger partial charge in [-0.3, -0.25) is 14.5 Å². The molecule has 2 amide bonds. The lowest BCUT2D eigenvalue weighted by Crippen LogP contribution is -2.31. The van der Waals surface area contributed by atoms with Gasteiger partial charge in [-0.15, -0.1) is 0 Å². The molecule has 0 spiro atoms. The predicted octanol–water partition coefficient (Wildman–Crippen LogP) is 5.46. The number of thioether (sulfide) groups is 1. The number of anilines is 1. The average Bonchev–Trinajstić information content (AvgIpc) is 2.97. The molecule has 1 heterocycles. The molecule has 0 aromatic heterocycles. The Morgan fingerprint density at radius 1 is 0.900 bits per heavy atom. The van der Waals surface area contributed by atoms with Gasteiger partial charge in [-0.2, -0.15) is 0 Å². The second-order valence-electron chi connectivity index (χ2n) is 6.56. The second-order valence-corrected chi connectivity index (χ2v) is 8.05. The van der Waals surface area contributed by atoms with Crippen LogP contribution in [0.15, 0.2) is 94.4 Å². The van der Waals surface area contributed by atoms with Crippen molar-refractivity contribution in [3.05, 3.63) is 106 Å². The molecule has 0 saturated carbocycles. The number of rotatable bonds is 6. The summed E-state index contributed by atoms with van der Waals surface area (Å²) in [6.07, 6.45) is 0. The van der Waals surface area contributed by atoms with E-state index in [9.17, 15) is 14.0 Å². The fourth-order valence-electron chi connectivity index (χ4n) is 2.99. The minimum atomic E-state index is -0.561. The molecule has 7 heteroatoms. The van der Waals surface area contributed by atoms with Crippen LogP contribution in [0.25, 0.3) is 0 Å². The summed E-state index contributed by atoms with van der Waals surface area (Å²) in [7, 11) is 0. The monoisotopic (exact) mass is 438 g/mol. The molecule has 0 radical (unpaired) electrons. The number of carbonyl (C=O) groups is 2. The number of benzene rings is 3. The van der Waals surface area contributed by atoms with E-state index in [4.69, 9.17) is 11.6 Å². The van der Waals surface area contributed by atoms with Crippen LogP contribution >= 0.6 is 23.4 Å². The molecular formula is C23H16ClFN2O2S. The normalized spacial score (nSPS) is 13.9. The van der Waals surface area contributed by atoms with Gasteiger partial charge >= 0.3 is 0 Å². The smallest absolute Gasteiger partial charge is 0.278 e. The Kier molecular flexibility index (Phi) is 5.88. The molecule has 30 heavy (non-hydrogen) atoms. The van der Waals surface area contributed by atoms with Crippen LogP contribution in [-0.4, -0.2) is 16.7 Å². The van der Waals surface area contributed by atoms with Crippen molar-refractivity contribution in [3.8, 4) is 0 Å². The molecule has 0 saturated heterocycles. The van der Waals surface area contributed by atoms with E-state index in [0.29, 0.717) is 5.69 Å². The van der Waals surface area contributed by atoms with E-state index in [2.05, 4.69) is 5.32 Å². The first kappa shape index (κ1) is 20.2. The first-order chi connectivity index (χ1) is 14.5. The minimum Gasteiger partial charge on any atom is -0.350 e. The van der Waals surface area contributed by atoms with Crippen LogP contribution in [0.5, 0.6) is 0 Å². The van der Waals surface area contributed by atoms with E-state index in [1.165, 1.54) is 34.9 Å². The summed E-state index contributed by atoms with van der Waals surface area (Å²) in [6.45, 7) is 0.159. The molecule has 4 rings (SSSR count). The Morgan fingerprint density at radius 2 is 1.57 bits per heavy atom. The van der Waals surface area contributed by atoms with Crippen molar-refractivity contribution in [2.75, 3.05) is 5.32 Å². The lowest BCUT2D eigenvalue weighted by molar-refractivity contribution is -0.137. The fraction of sp³-hybridized carbons (Fsp3) is 0.0435. The SMILES string of the molecule is O=C1C(Nc2ccc(F)c(Cl)c2)=C(Sc2ccccc2)C(=O)N1Cc1ccccc1. The highest BCUT2D eigenvalue weighted by molar-refractivity contribution is 8.04. The number of nitrogens with one attached hydrogen (secondary N) is 1. The lowest BCUT2D eigenvalue weighted by atomic mass is 10.2. The molecule has 3 aromatic carbocycles. The summed E-state index contributed by atoms with van der Waals surface area (Å²) in [5, 5.41) is 2.90. The third-order valence-corrected chi connectivity index (χ3v) is 5.84. The summed E-state index contributed by atoms with van der Waals surface area (Å²) >= 11 is 7.08. The van der Waals surface area contributed by atoms with E-state index in [0.717, 1.165) is 10.5 Å². The second kappa shape index (κ2) is 8.73. The van der Waals surface area contributed by atoms with Crippen molar-refractivity contribution in [1.82, 2.24) is 4.90 Å². The Morgan fingerprint density at radius 3 is 2.23 bits per heavy atom. The Labute approximate surface area is 182 Å². The molecule has 0 fully saturated rings. The van der Waals surface area contributed by atoms with Crippen molar-refractivity contribution < 1.29 is 14.0 Å².